The number of ether oxygens (including phenoxy) is 4. The van der Waals surface area contributed by atoms with Gasteiger partial charge in [0, 0.05) is 18.3 Å². The zero-order valence-corrected chi connectivity index (χ0v) is 22.3. The number of esters is 1. The van der Waals surface area contributed by atoms with Crippen LogP contribution in [0.15, 0.2) is 58.7 Å². The lowest BCUT2D eigenvalue weighted by Gasteiger charge is -2.29. The van der Waals surface area contributed by atoms with Crippen LogP contribution < -0.4 is 25.5 Å². The molecule has 0 radical (unpaired) electrons. The molecule has 1 aliphatic heterocycles. The molecule has 0 fully saturated rings. The number of aryl methyl sites for hydroxylation is 2. The van der Waals surface area contributed by atoms with Gasteiger partial charge in [0.15, 0.2) is 11.5 Å². The van der Waals surface area contributed by atoms with Gasteiger partial charge in [0.1, 0.15) is 11.3 Å². The van der Waals surface area contributed by atoms with E-state index in [1.165, 1.54) is 7.11 Å². The van der Waals surface area contributed by atoms with Gasteiger partial charge in [-0.25, -0.2) is 4.79 Å². The summed E-state index contributed by atoms with van der Waals surface area (Å²) in [5.74, 6) is -0.230. The van der Waals surface area contributed by atoms with Gasteiger partial charge in [-0.2, -0.15) is 0 Å². The Hall–Kier alpha value is -3.62. The highest BCUT2D eigenvalue weighted by Crippen LogP contribution is 2.42. The van der Waals surface area contributed by atoms with Gasteiger partial charge in [0.25, 0.3) is 5.56 Å². The fraction of sp³-hybridized carbons (Fsp3) is 0.259. The number of nitrogens with two attached hydrogens (primary N) is 1. The zero-order valence-electron chi connectivity index (χ0n) is 20.8. The Morgan fingerprint density at radius 1 is 1.03 bits per heavy atom. The smallest absolute Gasteiger partial charge is 0.340 e. The molecule has 0 aliphatic carbocycles. The van der Waals surface area contributed by atoms with Crippen LogP contribution in [0.25, 0.3) is 0 Å². The van der Waals surface area contributed by atoms with E-state index in [1.807, 2.05) is 25.1 Å². The number of carbonyl (C=O) groups excluding carboxylic acids is 1. The summed E-state index contributed by atoms with van der Waals surface area (Å²) in [7, 11) is 4.38. The Bertz CT molecular complexity index is 1460. The number of aromatic nitrogens is 1. The fourth-order valence-electron chi connectivity index (χ4n) is 4.48. The van der Waals surface area contributed by atoms with Crippen LogP contribution in [0.1, 0.15) is 28.3 Å². The van der Waals surface area contributed by atoms with E-state index in [2.05, 4.69) is 0 Å². The standard InChI is InChI=1S/C27H26Cl2N2O6/c1-14-11-21-23(26(32)31(14)10-9-15-5-8-19(34-2)20(12-15)35-3)22(16-6-7-17(28)18(29)13-16)24(25(30)37-21)27(33)36-4/h5-8,11-13,22H,9-10,30H2,1-4H3/t22-/m1/s1. The van der Waals surface area contributed by atoms with E-state index in [0.717, 1.165) is 5.56 Å². The van der Waals surface area contributed by atoms with Crippen molar-refractivity contribution in [1.29, 1.82) is 0 Å². The second-order valence-corrected chi connectivity index (χ2v) is 9.25. The van der Waals surface area contributed by atoms with Gasteiger partial charge < -0.3 is 29.2 Å². The SMILES string of the molecule is COC(=O)C1=C(N)Oc2cc(C)n(CCc3ccc(OC)c(OC)c3)c(=O)c2[C@H]1c1ccc(Cl)c(Cl)c1. The molecule has 4 rings (SSSR count). The van der Waals surface area contributed by atoms with Gasteiger partial charge >= 0.3 is 5.97 Å². The molecule has 3 aromatic rings. The van der Waals surface area contributed by atoms with Gasteiger partial charge in [-0.3, -0.25) is 4.79 Å². The van der Waals surface area contributed by atoms with Gasteiger partial charge in [0.2, 0.25) is 5.88 Å². The molecule has 1 atom stereocenters. The van der Waals surface area contributed by atoms with Crippen molar-refractivity contribution >= 4 is 29.2 Å². The molecule has 10 heteroatoms. The number of rotatable bonds is 7. The third-order valence-corrected chi connectivity index (χ3v) is 7.06. The van der Waals surface area contributed by atoms with Crippen LogP contribution in [-0.2, 0) is 22.5 Å². The van der Waals surface area contributed by atoms with Crippen molar-refractivity contribution in [2.45, 2.75) is 25.8 Å². The van der Waals surface area contributed by atoms with E-state index >= 15 is 0 Å². The van der Waals surface area contributed by atoms with Crippen LogP contribution in [0.2, 0.25) is 10.0 Å². The maximum absolute atomic E-state index is 13.9. The third kappa shape index (κ3) is 4.99. The monoisotopic (exact) mass is 544 g/mol. The first kappa shape index (κ1) is 26.4. The Kier molecular flexibility index (Phi) is 7.71. The van der Waals surface area contributed by atoms with E-state index in [0.29, 0.717) is 40.7 Å². The summed E-state index contributed by atoms with van der Waals surface area (Å²) in [5.41, 5.74) is 8.29. The first-order valence-electron chi connectivity index (χ1n) is 11.4. The number of pyridine rings is 1. The third-order valence-electron chi connectivity index (χ3n) is 6.32. The van der Waals surface area contributed by atoms with Crippen molar-refractivity contribution in [2.75, 3.05) is 21.3 Å². The van der Waals surface area contributed by atoms with Gasteiger partial charge in [-0.05, 0) is 48.7 Å². The minimum atomic E-state index is -0.869. The van der Waals surface area contributed by atoms with Crippen LogP contribution in [0.5, 0.6) is 17.2 Å². The van der Waals surface area contributed by atoms with Gasteiger partial charge in [-0.15, -0.1) is 0 Å². The molecular weight excluding hydrogens is 519 g/mol. The Morgan fingerprint density at radius 3 is 2.41 bits per heavy atom. The van der Waals surface area contributed by atoms with E-state index in [9.17, 15) is 9.59 Å². The fourth-order valence-corrected chi connectivity index (χ4v) is 4.78. The second-order valence-electron chi connectivity index (χ2n) is 8.44. The molecule has 0 amide bonds. The van der Waals surface area contributed by atoms with Crippen LogP contribution >= 0.6 is 23.2 Å². The number of fused-ring (bicyclic) bond motifs is 1. The summed E-state index contributed by atoms with van der Waals surface area (Å²) in [5, 5.41) is 0.612. The number of nitrogens with zero attached hydrogens (tertiary/aromatic N) is 1. The first-order valence-corrected chi connectivity index (χ1v) is 12.1. The molecule has 8 nitrogen and oxygen atoms in total. The quantitative estimate of drug-likeness (QED) is 0.434. The van der Waals surface area contributed by atoms with E-state index in [-0.39, 0.29) is 33.4 Å². The zero-order chi connectivity index (χ0) is 26.9. The summed E-state index contributed by atoms with van der Waals surface area (Å²) in [4.78, 5) is 26.7. The summed E-state index contributed by atoms with van der Waals surface area (Å²) in [6.45, 7) is 2.18. The Balaban J connectivity index is 1.82. The maximum Gasteiger partial charge on any atom is 0.340 e. The molecule has 1 aromatic heterocycles. The molecule has 2 heterocycles. The highest BCUT2D eigenvalue weighted by molar-refractivity contribution is 6.42. The lowest BCUT2D eigenvalue weighted by Crippen LogP contribution is -2.35. The van der Waals surface area contributed by atoms with Crippen LogP contribution in [-0.4, -0.2) is 31.9 Å². The van der Waals surface area contributed by atoms with E-state index in [1.54, 1.807) is 43.1 Å². The van der Waals surface area contributed by atoms with Crippen LogP contribution in [0, 0.1) is 6.92 Å². The normalized spacial score (nSPS) is 14.6. The van der Waals surface area contributed by atoms with Crippen molar-refractivity contribution in [2.24, 2.45) is 5.73 Å². The second kappa shape index (κ2) is 10.8. The predicted molar refractivity (Wildman–Crippen MR) is 141 cm³/mol. The lowest BCUT2D eigenvalue weighted by molar-refractivity contribution is -0.136. The van der Waals surface area contributed by atoms with Crippen molar-refractivity contribution in [3.63, 3.8) is 0 Å². The molecule has 0 saturated heterocycles. The van der Waals surface area contributed by atoms with Crippen molar-refractivity contribution in [1.82, 2.24) is 4.57 Å². The molecule has 0 spiro atoms. The number of benzene rings is 2. The molecular formula is C27H26Cl2N2O6. The topological polar surface area (TPSA) is 102 Å². The number of methoxy groups -OCH3 is 3. The molecule has 0 saturated carbocycles. The van der Waals surface area contributed by atoms with E-state index in [4.69, 9.17) is 47.9 Å². The Labute approximate surface area is 224 Å². The summed E-state index contributed by atoms with van der Waals surface area (Å²) >= 11 is 12.4. The molecule has 194 valence electrons. The molecule has 2 N–H and O–H groups in total. The molecule has 0 bridgehead atoms. The lowest BCUT2D eigenvalue weighted by atomic mass is 9.83. The summed E-state index contributed by atoms with van der Waals surface area (Å²) in [6, 6.07) is 12.2. The molecule has 0 unspecified atom stereocenters. The number of carbonyl (C=O) groups is 1. The highest BCUT2D eigenvalue weighted by Gasteiger charge is 2.38. The molecule has 2 aromatic carbocycles. The maximum atomic E-state index is 13.9. The molecule has 37 heavy (non-hydrogen) atoms. The largest absolute Gasteiger partial charge is 0.493 e. The predicted octanol–water partition coefficient (Wildman–Crippen LogP) is 4.59. The van der Waals surface area contributed by atoms with Gasteiger partial charge in [0.05, 0.1) is 42.9 Å². The average Bonchev–Trinajstić information content (AvgIpc) is 2.88. The van der Waals surface area contributed by atoms with E-state index < -0.39 is 11.9 Å². The van der Waals surface area contributed by atoms with Crippen LogP contribution in [0.4, 0.5) is 0 Å². The first-order chi connectivity index (χ1) is 17.7. The number of halogens is 2. The van der Waals surface area contributed by atoms with Crippen molar-refractivity contribution in [3.05, 3.63) is 96.7 Å². The molecule has 1 aliphatic rings. The van der Waals surface area contributed by atoms with Crippen molar-refractivity contribution < 1.29 is 23.7 Å². The summed E-state index contributed by atoms with van der Waals surface area (Å²) in [6.07, 6.45) is 0.542. The number of hydrogen-bond acceptors (Lipinski definition) is 7. The highest BCUT2D eigenvalue weighted by atomic mass is 35.5. The van der Waals surface area contributed by atoms with Gasteiger partial charge in [-0.1, -0.05) is 35.3 Å². The average molecular weight is 545 g/mol. The minimum absolute atomic E-state index is 0.0146. The van der Waals surface area contributed by atoms with Crippen LogP contribution in [0.3, 0.4) is 0 Å². The Morgan fingerprint density at radius 2 is 1.76 bits per heavy atom. The number of hydrogen-bond donors (Lipinski definition) is 1. The minimum Gasteiger partial charge on any atom is -0.493 e. The van der Waals surface area contributed by atoms with Crippen molar-refractivity contribution in [3.8, 4) is 17.2 Å². The summed E-state index contributed by atoms with van der Waals surface area (Å²) < 4.78 is 23.1.